The molecule has 0 atom stereocenters. The fraction of sp³-hybridized carbons (Fsp3) is 0. The predicted octanol–water partition coefficient (Wildman–Crippen LogP) is 4.75. The summed E-state index contributed by atoms with van der Waals surface area (Å²) in [5.74, 6) is 1.27. The Morgan fingerprint density at radius 2 is 2.00 bits per heavy atom. The summed E-state index contributed by atoms with van der Waals surface area (Å²) in [4.78, 5) is 10.2. The average Bonchev–Trinajstić information content (AvgIpc) is 2.31. The monoisotopic (exact) mass is 419 g/mol. The maximum Gasteiger partial charge on any atom is 0.270 e. The Morgan fingerprint density at radius 3 is 2.61 bits per heavy atom. The van der Waals surface area contributed by atoms with E-state index in [4.69, 9.17) is 4.74 Å². The minimum Gasteiger partial charge on any atom is -0.456 e. The van der Waals surface area contributed by atoms with Crippen LogP contribution < -0.4 is 4.74 Å². The minimum absolute atomic E-state index is 0.0565. The van der Waals surface area contributed by atoms with Gasteiger partial charge in [0.15, 0.2) is 0 Å². The smallest absolute Gasteiger partial charge is 0.270 e. The summed E-state index contributed by atoms with van der Waals surface area (Å²) in [6.45, 7) is 0. The van der Waals surface area contributed by atoms with Crippen LogP contribution in [0.4, 0.5) is 5.69 Å². The normalized spacial score (nSPS) is 10.1. The second-order valence-corrected chi connectivity index (χ2v) is 5.51. The van der Waals surface area contributed by atoms with E-state index in [2.05, 4.69) is 15.9 Å². The summed E-state index contributed by atoms with van der Waals surface area (Å²) in [6.07, 6.45) is 0. The first-order valence-electron chi connectivity index (χ1n) is 4.93. The van der Waals surface area contributed by atoms with Crippen LogP contribution in [0, 0.1) is 13.7 Å². The van der Waals surface area contributed by atoms with E-state index in [0.29, 0.717) is 15.1 Å². The number of nitrogens with zero attached hydrogens (tertiary/aromatic N) is 1. The predicted molar refractivity (Wildman–Crippen MR) is 80.0 cm³/mol. The van der Waals surface area contributed by atoms with Crippen LogP contribution in [0.15, 0.2) is 46.9 Å². The van der Waals surface area contributed by atoms with E-state index in [0.717, 1.165) is 4.47 Å². The third kappa shape index (κ3) is 3.20. The molecule has 2 aromatic rings. The van der Waals surface area contributed by atoms with Gasteiger partial charge in [-0.1, -0.05) is 22.0 Å². The van der Waals surface area contributed by atoms with Crippen molar-refractivity contribution in [2.75, 3.05) is 0 Å². The standard InChI is InChI=1S/C12H7BrINO3/c13-8-2-1-3-10(6-8)18-12-5-4-9(15(16)17)7-11(12)14/h1-7H. The van der Waals surface area contributed by atoms with Gasteiger partial charge >= 0.3 is 0 Å². The molecule has 0 N–H and O–H groups in total. The molecule has 0 spiro atoms. The van der Waals surface area contributed by atoms with Crippen LogP contribution in [0.5, 0.6) is 11.5 Å². The Morgan fingerprint density at radius 1 is 1.22 bits per heavy atom. The summed E-state index contributed by atoms with van der Waals surface area (Å²) in [5, 5.41) is 10.6. The van der Waals surface area contributed by atoms with Gasteiger partial charge in [-0.3, -0.25) is 10.1 Å². The molecule has 0 unspecified atom stereocenters. The van der Waals surface area contributed by atoms with Crippen LogP contribution in [-0.4, -0.2) is 4.92 Å². The third-order valence-electron chi connectivity index (χ3n) is 2.15. The molecule has 0 aliphatic rings. The van der Waals surface area contributed by atoms with Crippen molar-refractivity contribution < 1.29 is 9.66 Å². The van der Waals surface area contributed by atoms with Gasteiger partial charge < -0.3 is 4.74 Å². The highest BCUT2D eigenvalue weighted by Gasteiger charge is 2.10. The molecule has 0 aliphatic heterocycles. The lowest BCUT2D eigenvalue weighted by molar-refractivity contribution is -0.385. The highest BCUT2D eigenvalue weighted by molar-refractivity contribution is 14.1. The fourth-order valence-corrected chi connectivity index (χ4v) is 2.33. The van der Waals surface area contributed by atoms with E-state index in [1.807, 2.05) is 46.9 Å². The zero-order chi connectivity index (χ0) is 13.1. The maximum atomic E-state index is 10.6. The van der Waals surface area contributed by atoms with Crippen LogP contribution in [0.3, 0.4) is 0 Å². The molecule has 92 valence electrons. The van der Waals surface area contributed by atoms with Crippen LogP contribution in [0.25, 0.3) is 0 Å². The highest BCUT2D eigenvalue weighted by atomic mass is 127. The van der Waals surface area contributed by atoms with E-state index >= 15 is 0 Å². The Hall–Kier alpha value is -1.15. The Bertz CT molecular complexity index is 604. The second kappa shape index (κ2) is 5.66. The van der Waals surface area contributed by atoms with Crippen molar-refractivity contribution in [1.29, 1.82) is 0 Å². The first-order chi connectivity index (χ1) is 8.56. The lowest BCUT2D eigenvalue weighted by Crippen LogP contribution is -1.91. The quantitative estimate of drug-likeness (QED) is 0.409. The molecule has 2 rings (SSSR count). The minimum atomic E-state index is -0.426. The van der Waals surface area contributed by atoms with Crippen molar-refractivity contribution in [1.82, 2.24) is 0 Å². The van der Waals surface area contributed by atoms with Crippen molar-refractivity contribution in [3.8, 4) is 11.5 Å². The van der Waals surface area contributed by atoms with Gasteiger partial charge in [0.25, 0.3) is 5.69 Å². The fourth-order valence-electron chi connectivity index (χ4n) is 1.34. The molecule has 6 heteroatoms. The number of hydrogen-bond acceptors (Lipinski definition) is 3. The van der Waals surface area contributed by atoms with E-state index in [1.54, 1.807) is 6.07 Å². The van der Waals surface area contributed by atoms with Crippen molar-refractivity contribution in [2.24, 2.45) is 0 Å². The molecule has 0 radical (unpaired) electrons. The van der Waals surface area contributed by atoms with Crippen LogP contribution in [0.2, 0.25) is 0 Å². The number of non-ortho nitro benzene ring substituents is 1. The van der Waals surface area contributed by atoms with Gasteiger partial charge in [0.2, 0.25) is 0 Å². The average molecular weight is 420 g/mol. The summed E-state index contributed by atoms with van der Waals surface area (Å²) >= 11 is 5.37. The zero-order valence-corrected chi connectivity index (χ0v) is 12.7. The number of hydrogen-bond donors (Lipinski definition) is 0. The first kappa shape index (κ1) is 13.3. The van der Waals surface area contributed by atoms with E-state index in [1.165, 1.54) is 12.1 Å². The molecule has 0 saturated carbocycles. The van der Waals surface area contributed by atoms with Gasteiger partial charge in [0.1, 0.15) is 11.5 Å². The van der Waals surface area contributed by atoms with Gasteiger partial charge in [-0.25, -0.2) is 0 Å². The SMILES string of the molecule is O=[N+]([O-])c1ccc(Oc2cccc(Br)c2)c(I)c1. The van der Waals surface area contributed by atoms with Gasteiger partial charge in [-0.05, 0) is 46.9 Å². The molecule has 0 amide bonds. The number of halogens is 2. The zero-order valence-electron chi connectivity index (χ0n) is 8.97. The first-order valence-corrected chi connectivity index (χ1v) is 6.81. The van der Waals surface area contributed by atoms with Gasteiger partial charge in [-0.2, -0.15) is 0 Å². The molecule has 0 bridgehead atoms. The van der Waals surface area contributed by atoms with Crippen molar-refractivity contribution in [2.45, 2.75) is 0 Å². The molecular weight excluding hydrogens is 413 g/mol. The second-order valence-electron chi connectivity index (χ2n) is 3.43. The van der Waals surface area contributed by atoms with Gasteiger partial charge in [0.05, 0.1) is 8.49 Å². The highest BCUT2D eigenvalue weighted by Crippen LogP contribution is 2.30. The number of rotatable bonds is 3. The molecule has 0 aromatic heterocycles. The topological polar surface area (TPSA) is 52.4 Å². The van der Waals surface area contributed by atoms with Crippen molar-refractivity contribution >= 4 is 44.2 Å². The maximum absolute atomic E-state index is 10.6. The Kier molecular flexibility index (Phi) is 4.18. The van der Waals surface area contributed by atoms with Crippen molar-refractivity contribution in [3.05, 3.63) is 60.6 Å². The number of nitro groups is 1. The molecule has 18 heavy (non-hydrogen) atoms. The molecule has 4 nitrogen and oxygen atoms in total. The number of ether oxygens (including phenoxy) is 1. The van der Waals surface area contributed by atoms with Crippen LogP contribution in [0.1, 0.15) is 0 Å². The lowest BCUT2D eigenvalue weighted by Gasteiger charge is -2.07. The molecule has 2 aromatic carbocycles. The number of benzene rings is 2. The molecular formula is C12H7BrINO3. The van der Waals surface area contributed by atoms with Gasteiger partial charge in [0, 0.05) is 16.6 Å². The largest absolute Gasteiger partial charge is 0.456 e. The summed E-state index contributed by atoms with van der Waals surface area (Å²) < 4.78 is 7.27. The van der Waals surface area contributed by atoms with E-state index in [9.17, 15) is 10.1 Å². The van der Waals surface area contributed by atoms with E-state index < -0.39 is 4.92 Å². The molecule has 0 fully saturated rings. The molecule has 0 heterocycles. The van der Waals surface area contributed by atoms with Crippen LogP contribution >= 0.6 is 38.5 Å². The summed E-state index contributed by atoms with van der Waals surface area (Å²) in [5.41, 5.74) is 0.0565. The molecule has 0 saturated heterocycles. The molecule has 0 aliphatic carbocycles. The Labute approximate surface area is 125 Å². The van der Waals surface area contributed by atoms with Crippen molar-refractivity contribution in [3.63, 3.8) is 0 Å². The Balaban J connectivity index is 2.27. The third-order valence-corrected chi connectivity index (χ3v) is 3.49. The summed E-state index contributed by atoms with van der Waals surface area (Å²) in [6, 6.07) is 11.9. The lowest BCUT2D eigenvalue weighted by atomic mass is 10.3. The van der Waals surface area contributed by atoms with Crippen LogP contribution in [-0.2, 0) is 0 Å². The summed E-state index contributed by atoms with van der Waals surface area (Å²) in [7, 11) is 0. The van der Waals surface area contributed by atoms with Gasteiger partial charge in [-0.15, -0.1) is 0 Å². The number of nitro benzene ring substituents is 1. The van der Waals surface area contributed by atoms with E-state index in [-0.39, 0.29) is 5.69 Å².